The fourth-order valence-corrected chi connectivity index (χ4v) is 8.69. The van der Waals surface area contributed by atoms with Crippen molar-refractivity contribution >= 4 is 54.7 Å². The van der Waals surface area contributed by atoms with Crippen LogP contribution < -0.4 is 4.57 Å². The molecule has 56 heavy (non-hydrogen) atoms. The van der Waals surface area contributed by atoms with Crippen LogP contribution in [-0.2, 0) is 36.7 Å². The van der Waals surface area contributed by atoms with Crippen LogP contribution in [-0.4, -0.2) is 15.3 Å². The van der Waals surface area contributed by atoms with Crippen molar-refractivity contribution in [3.8, 4) is 11.3 Å². The number of rotatable bonds is 9. The number of hydrogen-bond donors (Lipinski definition) is 1. The number of aromatic nitrogens is 2. The van der Waals surface area contributed by atoms with Crippen molar-refractivity contribution in [1.82, 2.24) is 4.40 Å². The number of carbonyl (C=O) groups is 1. The van der Waals surface area contributed by atoms with Crippen LogP contribution in [0.2, 0.25) is 0 Å². The van der Waals surface area contributed by atoms with Crippen LogP contribution in [0.3, 0.4) is 0 Å². The molecule has 0 unspecified atom stereocenters. The first-order valence-corrected chi connectivity index (χ1v) is 20.3. The molecule has 1 radical (unpaired) electrons. The number of fused-ring (bicyclic) bond motifs is 7. The van der Waals surface area contributed by atoms with Gasteiger partial charge in [0.25, 0.3) is 0 Å². The average molecular weight is 926 g/mol. The molecule has 0 atom stereocenters. The maximum absolute atomic E-state index is 11.7. The van der Waals surface area contributed by atoms with E-state index in [-0.39, 0.29) is 54.3 Å². The summed E-state index contributed by atoms with van der Waals surface area (Å²) < 4.78 is 4.55. The number of aliphatic hydroxyl groups is 1. The molecule has 297 valence electrons. The van der Waals surface area contributed by atoms with E-state index in [2.05, 4.69) is 139 Å². The van der Waals surface area contributed by atoms with Crippen molar-refractivity contribution in [3.05, 3.63) is 121 Å². The van der Waals surface area contributed by atoms with Crippen molar-refractivity contribution in [2.24, 2.45) is 17.3 Å². The summed E-state index contributed by atoms with van der Waals surface area (Å²) in [6.07, 6.45) is 8.05. The van der Waals surface area contributed by atoms with Gasteiger partial charge in [0.05, 0.1) is 34.2 Å². The van der Waals surface area contributed by atoms with E-state index in [4.69, 9.17) is 0 Å². The Balaban J connectivity index is 0.000000322. The molecule has 4 aromatic carbocycles. The first kappa shape index (κ1) is 42.8. The Bertz CT molecular complexity index is 2530. The van der Waals surface area contributed by atoms with E-state index in [1.54, 1.807) is 0 Å². The fraction of sp³-hybridized carbons (Fsp3) is 0.373. The predicted molar refractivity (Wildman–Crippen MR) is 235 cm³/mol. The number of para-hydroxylation sites is 1. The summed E-state index contributed by atoms with van der Waals surface area (Å²) in [5, 5.41) is 17.5. The van der Waals surface area contributed by atoms with Gasteiger partial charge in [-0.3, -0.25) is 4.79 Å². The molecule has 0 aliphatic carbocycles. The van der Waals surface area contributed by atoms with Gasteiger partial charge in [0.2, 0.25) is 0 Å². The van der Waals surface area contributed by atoms with Gasteiger partial charge >= 0.3 is 0 Å². The molecule has 7 rings (SSSR count). The number of carbonyl (C=O) groups excluding carboxylic acids is 1. The smallest absolute Gasteiger partial charge is 0.162 e. The molecular weight excluding hydrogens is 865 g/mol. The van der Waals surface area contributed by atoms with Gasteiger partial charge in [0.1, 0.15) is 0 Å². The number of hydrogen-bond acceptors (Lipinski definition) is 2. The SMILES string of the molecule is CCC(CC)C(=O)/C=C(\O)C(CC)CC.[CH2-]c1c(-c2c3c(cc[n+]2[CH2-])c2ccc(CC(C)(C)C)c4c5ccccc5n3c24)cc(C(C)(C)C)c2ccccc12.[Ir]. The summed E-state index contributed by atoms with van der Waals surface area (Å²) in [7, 11) is 4.52. The second-order valence-corrected chi connectivity index (χ2v) is 17.7. The van der Waals surface area contributed by atoms with Gasteiger partial charge in [-0.1, -0.05) is 129 Å². The summed E-state index contributed by atoms with van der Waals surface area (Å²) in [6.45, 7) is 26.6. The molecule has 0 bridgehead atoms. The third-order valence-electron chi connectivity index (χ3n) is 11.6. The van der Waals surface area contributed by atoms with Crippen molar-refractivity contribution in [1.29, 1.82) is 0 Å². The zero-order valence-electron chi connectivity index (χ0n) is 35.3. The van der Waals surface area contributed by atoms with Gasteiger partial charge in [-0.2, -0.15) is 12.5 Å². The molecule has 0 spiro atoms. The second kappa shape index (κ2) is 16.7. The van der Waals surface area contributed by atoms with Crippen LogP contribution in [0, 0.1) is 31.2 Å². The van der Waals surface area contributed by atoms with Gasteiger partial charge in [-0.25, -0.2) is 0 Å². The Hall–Kier alpha value is -4.31. The minimum atomic E-state index is -0.0236. The molecule has 0 fully saturated rings. The minimum absolute atomic E-state index is 0. The van der Waals surface area contributed by atoms with Crippen LogP contribution in [0.1, 0.15) is 112 Å². The zero-order valence-corrected chi connectivity index (χ0v) is 37.7. The first-order valence-electron chi connectivity index (χ1n) is 20.3. The first-order chi connectivity index (χ1) is 26.1. The average Bonchev–Trinajstić information content (AvgIpc) is 3.65. The molecule has 5 heteroatoms. The van der Waals surface area contributed by atoms with Crippen molar-refractivity contribution in [2.45, 2.75) is 107 Å². The van der Waals surface area contributed by atoms with Crippen molar-refractivity contribution < 1.29 is 34.6 Å². The van der Waals surface area contributed by atoms with E-state index < -0.39 is 0 Å². The Morgan fingerprint density at radius 3 is 1.93 bits per heavy atom. The summed E-state index contributed by atoms with van der Waals surface area (Å²) >= 11 is 0. The Labute approximate surface area is 348 Å². The van der Waals surface area contributed by atoms with Gasteiger partial charge in [0.15, 0.2) is 5.78 Å². The van der Waals surface area contributed by atoms with E-state index in [9.17, 15) is 9.90 Å². The van der Waals surface area contributed by atoms with Crippen molar-refractivity contribution in [3.63, 3.8) is 0 Å². The van der Waals surface area contributed by atoms with Crippen LogP contribution in [0.5, 0.6) is 0 Å². The second-order valence-electron chi connectivity index (χ2n) is 17.7. The van der Waals surface area contributed by atoms with Crippen LogP contribution in [0.4, 0.5) is 0 Å². The van der Waals surface area contributed by atoms with E-state index in [1.807, 2.05) is 32.3 Å². The predicted octanol–water partition coefficient (Wildman–Crippen LogP) is 13.5. The summed E-state index contributed by atoms with van der Waals surface area (Å²) in [4.78, 5) is 11.7. The number of aliphatic hydroxyl groups excluding tert-OH is 1. The zero-order chi connectivity index (χ0) is 40.0. The molecule has 7 aromatic rings. The molecule has 0 aliphatic heterocycles. The summed E-state index contributed by atoms with van der Waals surface area (Å²) in [6, 6.07) is 26.9. The third-order valence-corrected chi connectivity index (χ3v) is 11.6. The molecule has 0 amide bonds. The van der Waals surface area contributed by atoms with Crippen LogP contribution >= 0.6 is 0 Å². The maximum atomic E-state index is 11.7. The Morgan fingerprint density at radius 2 is 1.34 bits per heavy atom. The number of allylic oxidation sites excluding steroid dienone is 2. The van der Waals surface area contributed by atoms with E-state index in [0.717, 1.165) is 48.9 Å². The number of benzene rings is 4. The molecule has 0 saturated carbocycles. The van der Waals surface area contributed by atoms with E-state index >= 15 is 0 Å². The molecule has 4 nitrogen and oxygen atoms in total. The molecule has 3 heterocycles. The number of nitrogens with zero attached hydrogens (tertiary/aromatic N) is 2. The number of ketones is 1. The van der Waals surface area contributed by atoms with E-state index in [0.29, 0.717) is 0 Å². The topological polar surface area (TPSA) is 45.6 Å². The fourth-order valence-electron chi connectivity index (χ4n) is 8.69. The monoisotopic (exact) mass is 926 g/mol. The maximum Gasteiger partial charge on any atom is 0.162 e. The quantitative estimate of drug-likeness (QED) is 0.0679. The largest absolute Gasteiger partial charge is 0.512 e. The Morgan fingerprint density at radius 1 is 0.768 bits per heavy atom. The van der Waals surface area contributed by atoms with Crippen molar-refractivity contribution in [2.75, 3.05) is 0 Å². The Kier molecular flexibility index (Phi) is 12.7. The van der Waals surface area contributed by atoms with Gasteiger partial charge in [-0.05, 0) is 66.0 Å². The summed E-state index contributed by atoms with van der Waals surface area (Å²) in [5.41, 5.74) is 9.96. The number of pyridine rings is 1. The van der Waals surface area contributed by atoms with Crippen LogP contribution in [0.25, 0.3) is 60.1 Å². The minimum Gasteiger partial charge on any atom is -0.512 e. The van der Waals surface area contributed by atoms with E-state index in [1.165, 1.54) is 66.1 Å². The van der Waals surface area contributed by atoms with Crippen LogP contribution in [0.15, 0.2) is 90.8 Å². The van der Waals surface area contributed by atoms with Gasteiger partial charge in [-0.15, -0.1) is 23.1 Å². The van der Waals surface area contributed by atoms with Gasteiger partial charge < -0.3 is 14.1 Å². The molecule has 3 aromatic heterocycles. The third kappa shape index (κ3) is 7.83. The molecule has 0 saturated heterocycles. The molecule has 0 aliphatic rings. The molecule has 1 N–H and O–H groups in total. The standard InChI is InChI=1S/C38H37N2.C13H24O2.Ir/c1-23-25-13-9-10-14-26(25)31(38(5,6)7)21-30(23)35-36-28(19-20-39(35)8)27-18-17-24(22-37(2,3)4)33-29-15-11-12-16-32(29)40(36)34(27)33;1-5-10(6-2)12(14)9-13(15)11(7-3)8-4;/h9-21H,1,8,22H2,2-7H3;9-11,14H,5-8H2,1-4H3;/q-1;;/b;12-9-;. The molecular formula is C51H61IrN2O2-. The summed E-state index contributed by atoms with van der Waals surface area (Å²) in [5.74, 6) is 0.547. The van der Waals surface area contributed by atoms with Gasteiger partial charge in [0, 0.05) is 61.2 Å². The normalized spacial score (nSPS) is 12.7.